The van der Waals surface area contributed by atoms with Crippen LogP contribution in [-0.2, 0) is 6.54 Å². The molecule has 0 radical (unpaired) electrons. The van der Waals surface area contributed by atoms with E-state index >= 15 is 0 Å². The number of nitrogens with zero attached hydrogens (tertiary/aromatic N) is 5. The zero-order valence-corrected chi connectivity index (χ0v) is 21.7. The van der Waals surface area contributed by atoms with Crippen molar-refractivity contribution in [2.45, 2.75) is 19.5 Å². The predicted octanol–water partition coefficient (Wildman–Crippen LogP) is 5.35. The monoisotopic (exact) mass is 505 g/mol. The molecule has 7 heteroatoms. The number of likely N-dealkylation sites (N-methyl/N-ethyl adjacent to an activating group) is 1. The van der Waals surface area contributed by atoms with Gasteiger partial charge in [0.25, 0.3) is 5.91 Å². The van der Waals surface area contributed by atoms with Crippen molar-refractivity contribution >= 4 is 16.8 Å². The summed E-state index contributed by atoms with van der Waals surface area (Å²) >= 11 is 0. The normalized spacial score (nSPS) is 16.1. The van der Waals surface area contributed by atoms with Crippen LogP contribution < -0.4 is 0 Å². The van der Waals surface area contributed by atoms with Gasteiger partial charge in [0.15, 0.2) is 6.19 Å². The number of hydrogen-bond donors (Lipinski definition) is 0. The van der Waals surface area contributed by atoms with Crippen LogP contribution in [0.3, 0.4) is 0 Å². The lowest BCUT2D eigenvalue weighted by Gasteiger charge is -2.48. The summed E-state index contributed by atoms with van der Waals surface area (Å²) in [6.07, 6.45) is 2.14. The smallest absolute Gasteiger partial charge is 0.268 e. The second kappa shape index (κ2) is 10.7. The lowest BCUT2D eigenvalue weighted by Crippen LogP contribution is -2.54. The molecule has 1 amide bonds. The molecule has 0 bridgehead atoms. The molecule has 1 aliphatic rings. The molecule has 5 rings (SSSR count). The molecule has 1 aromatic heterocycles. The SMILES string of the molecule is CC(c1ccccc1)N(C#N)C(=O)c1c(C[N+]2([O-])CCN(C)CC2)c(-c2ccccc2)nc2ccccc12. The number of para-hydroxylation sites is 1. The lowest BCUT2D eigenvalue weighted by molar-refractivity contribution is -0.898. The van der Waals surface area contributed by atoms with Crippen molar-refractivity contribution in [1.82, 2.24) is 14.8 Å². The van der Waals surface area contributed by atoms with Crippen molar-refractivity contribution in [3.63, 3.8) is 0 Å². The van der Waals surface area contributed by atoms with E-state index in [1.807, 2.05) is 98.9 Å². The molecule has 3 aromatic carbocycles. The van der Waals surface area contributed by atoms with Gasteiger partial charge in [0.05, 0.1) is 35.9 Å². The van der Waals surface area contributed by atoms with E-state index in [9.17, 15) is 15.3 Å². The molecule has 38 heavy (non-hydrogen) atoms. The van der Waals surface area contributed by atoms with Gasteiger partial charge in [0.1, 0.15) is 6.54 Å². The first-order valence-corrected chi connectivity index (χ1v) is 12.9. The Bertz CT molecular complexity index is 1480. The number of fused-ring (bicyclic) bond motifs is 1. The van der Waals surface area contributed by atoms with Crippen LogP contribution in [-0.4, -0.2) is 58.6 Å². The van der Waals surface area contributed by atoms with Crippen LogP contribution in [0.2, 0.25) is 0 Å². The number of rotatable bonds is 6. The molecule has 0 aliphatic carbocycles. The fourth-order valence-electron chi connectivity index (χ4n) is 5.17. The van der Waals surface area contributed by atoms with E-state index in [2.05, 4.69) is 11.1 Å². The van der Waals surface area contributed by atoms with Gasteiger partial charge in [-0.15, -0.1) is 0 Å². The summed E-state index contributed by atoms with van der Waals surface area (Å²) in [5, 5.41) is 24.9. The summed E-state index contributed by atoms with van der Waals surface area (Å²) in [7, 11) is 2.02. The summed E-state index contributed by atoms with van der Waals surface area (Å²) in [6.45, 7) is 4.17. The first-order valence-electron chi connectivity index (χ1n) is 12.9. The van der Waals surface area contributed by atoms with Crippen molar-refractivity contribution in [1.29, 1.82) is 5.26 Å². The van der Waals surface area contributed by atoms with Gasteiger partial charge in [0.2, 0.25) is 0 Å². The minimum absolute atomic E-state index is 0.107. The maximum atomic E-state index is 14.4. The van der Waals surface area contributed by atoms with Crippen LogP contribution in [0.5, 0.6) is 0 Å². The molecule has 4 aromatic rings. The van der Waals surface area contributed by atoms with Crippen molar-refractivity contribution < 1.29 is 9.44 Å². The second-order valence-corrected chi connectivity index (χ2v) is 10.0. The van der Waals surface area contributed by atoms with E-state index in [0.717, 1.165) is 11.1 Å². The molecule has 1 aliphatic heterocycles. The number of carbonyl (C=O) groups excluding carboxylic acids is 1. The van der Waals surface area contributed by atoms with E-state index in [4.69, 9.17) is 4.98 Å². The van der Waals surface area contributed by atoms with Gasteiger partial charge in [-0.1, -0.05) is 78.9 Å². The molecule has 1 unspecified atom stereocenters. The van der Waals surface area contributed by atoms with Gasteiger partial charge < -0.3 is 9.85 Å². The lowest BCUT2D eigenvalue weighted by atomic mass is 9.94. The molecule has 0 N–H and O–H groups in total. The maximum absolute atomic E-state index is 14.4. The number of hydroxylamine groups is 3. The van der Waals surface area contributed by atoms with E-state index in [-0.39, 0.29) is 6.54 Å². The zero-order chi connectivity index (χ0) is 26.7. The standard InChI is InChI=1S/C31H31N5O2/c1-23(24-11-5-3-6-12-24)35(22-32)31(37)29-26-15-9-10-16-28(26)33-30(25-13-7-4-8-14-25)27(29)21-36(38)19-17-34(2)18-20-36/h3-16,23H,17-21H2,1-2H3. The maximum Gasteiger partial charge on any atom is 0.268 e. The van der Waals surface area contributed by atoms with Crippen LogP contribution in [0.25, 0.3) is 22.2 Å². The molecular formula is C31H31N5O2. The topological polar surface area (TPSA) is 83.3 Å². The van der Waals surface area contributed by atoms with Gasteiger partial charge in [-0.3, -0.25) is 9.69 Å². The van der Waals surface area contributed by atoms with Gasteiger partial charge in [0, 0.05) is 29.6 Å². The number of piperazine rings is 1. The largest absolute Gasteiger partial charge is 0.632 e. The van der Waals surface area contributed by atoms with Crippen LogP contribution in [0.4, 0.5) is 0 Å². The Balaban J connectivity index is 1.72. The second-order valence-electron chi connectivity index (χ2n) is 10.0. The molecule has 7 nitrogen and oxygen atoms in total. The third-order valence-corrected chi connectivity index (χ3v) is 7.47. The minimum Gasteiger partial charge on any atom is -0.632 e. The van der Waals surface area contributed by atoms with E-state index in [1.165, 1.54) is 4.90 Å². The number of carbonyl (C=O) groups is 1. The number of quaternary nitrogens is 1. The number of amides is 1. The summed E-state index contributed by atoms with van der Waals surface area (Å²) in [5.41, 5.74) is 3.94. The Labute approximate surface area is 223 Å². The van der Waals surface area contributed by atoms with Crippen molar-refractivity contribution in [3.05, 3.63) is 107 Å². The van der Waals surface area contributed by atoms with Crippen molar-refractivity contribution in [2.24, 2.45) is 0 Å². The summed E-state index contributed by atoms with van der Waals surface area (Å²) < 4.78 is -0.439. The average Bonchev–Trinajstić information content (AvgIpc) is 2.95. The molecule has 2 heterocycles. The zero-order valence-electron chi connectivity index (χ0n) is 21.7. The van der Waals surface area contributed by atoms with Gasteiger partial charge in [-0.25, -0.2) is 9.88 Å². The first kappa shape index (κ1) is 25.6. The van der Waals surface area contributed by atoms with Crippen LogP contribution in [0.15, 0.2) is 84.9 Å². The van der Waals surface area contributed by atoms with Gasteiger partial charge in [-0.05, 0) is 25.6 Å². The number of nitriles is 1. The highest BCUT2D eigenvalue weighted by Gasteiger charge is 2.33. The Kier molecular flexibility index (Phi) is 7.21. The first-order chi connectivity index (χ1) is 18.4. The van der Waals surface area contributed by atoms with Crippen LogP contribution in [0.1, 0.15) is 34.5 Å². The quantitative estimate of drug-likeness (QED) is 0.153. The Morgan fingerprint density at radius 1 is 1.03 bits per heavy atom. The van der Waals surface area contributed by atoms with E-state index < -0.39 is 16.6 Å². The summed E-state index contributed by atoms with van der Waals surface area (Å²) in [6, 6.07) is 26.2. The fraction of sp³-hybridized carbons (Fsp3) is 0.258. The number of benzene rings is 3. The molecule has 1 atom stereocenters. The predicted molar refractivity (Wildman–Crippen MR) is 148 cm³/mol. The van der Waals surface area contributed by atoms with E-state index in [0.29, 0.717) is 53.9 Å². The van der Waals surface area contributed by atoms with Gasteiger partial charge >= 0.3 is 0 Å². The Hall–Kier alpha value is -4.09. The highest BCUT2D eigenvalue weighted by Crippen LogP contribution is 2.35. The molecule has 192 valence electrons. The Morgan fingerprint density at radius 3 is 2.29 bits per heavy atom. The van der Waals surface area contributed by atoms with Crippen molar-refractivity contribution in [3.8, 4) is 17.5 Å². The third-order valence-electron chi connectivity index (χ3n) is 7.47. The molecule has 1 saturated heterocycles. The number of aromatic nitrogens is 1. The molecule has 0 saturated carbocycles. The minimum atomic E-state index is -0.479. The highest BCUT2D eigenvalue weighted by molar-refractivity contribution is 6.09. The van der Waals surface area contributed by atoms with Crippen molar-refractivity contribution in [2.75, 3.05) is 33.2 Å². The summed E-state index contributed by atoms with van der Waals surface area (Å²) in [5.74, 6) is -0.421. The average molecular weight is 506 g/mol. The van der Waals surface area contributed by atoms with Gasteiger partial charge in [-0.2, -0.15) is 5.26 Å². The Morgan fingerprint density at radius 2 is 1.63 bits per heavy atom. The fourth-order valence-corrected chi connectivity index (χ4v) is 5.17. The highest BCUT2D eigenvalue weighted by atomic mass is 16.5. The van der Waals surface area contributed by atoms with Crippen LogP contribution in [0, 0.1) is 16.7 Å². The van der Waals surface area contributed by atoms with Crippen LogP contribution >= 0.6 is 0 Å². The summed E-state index contributed by atoms with van der Waals surface area (Å²) in [4.78, 5) is 22.7. The molecule has 1 fully saturated rings. The number of hydrogen-bond acceptors (Lipinski definition) is 5. The van der Waals surface area contributed by atoms with E-state index in [1.54, 1.807) is 0 Å². The molecular weight excluding hydrogens is 474 g/mol. The number of pyridine rings is 1. The molecule has 0 spiro atoms. The third kappa shape index (κ3) is 5.02.